The van der Waals surface area contributed by atoms with E-state index in [-0.39, 0.29) is 194 Å². The Hall–Kier alpha value is -14.3. The van der Waals surface area contributed by atoms with Crippen LogP contribution in [0, 0.1) is 43.3 Å². The molecule has 0 heterocycles. The van der Waals surface area contributed by atoms with Crippen molar-refractivity contribution < 1.29 is 149 Å². The molecule has 0 fully saturated rings. The van der Waals surface area contributed by atoms with Gasteiger partial charge < -0.3 is 81.6 Å². The first kappa shape index (κ1) is 123. The van der Waals surface area contributed by atoms with Gasteiger partial charge in [0.25, 0.3) is 0 Å². The molecule has 8 rings (SSSR count). The van der Waals surface area contributed by atoms with Crippen LogP contribution in [-0.2, 0) is 132 Å². The van der Waals surface area contributed by atoms with Gasteiger partial charge in [0, 0.05) is 0 Å². The lowest BCUT2D eigenvalue weighted by Gasteiger charge is -2.41. The summed E-state index contributed by atoms with van der Waals surface area (Å²) in [6.07, 6.45) is 0.229. The third-order valence-corrected chi connectivity index (χ3v) is 26.3. The molecule has 0 aromatic heterocycles. The number of esters is 11. The van der Waals surface area contributed by atoms with Gasteiger partial charge in [0.05, 0.1) is 81.8 Å². The van der Waals surface area contributed by atoms with Crippen molar-refractivity contribution in [1.29, 1.82) is 0 Å². The number of hydrogen-bond acceptors (Lipinski definition) is 28. The van der Waals surface area contributed by atoms with Gasteiger partial charge in [-0.15, -0.1) is 0 Å². The Bertz CT molecular complexity index is 5220. The Kier molecular flexibility index (Phi) is 52.0. The molecule has 0 radical (unpaired) electrons. The molecular formula is C118H150O31. The monoisotopic (exact) mass is 2060 g/mol. The Morgan fingerprint density at radius 2 is 0.403 bits per heavy atom. The zero-order chi connectivity index (χ0) is 110. The van der Waals surface area contributed by atoms with Gasteiger partial charge in [-0.25, -0.2) is 0 Å². The van der Waals surface area contributed by atoms with Crippen LogP contribution in [0.1, 0.15) is 252 Å². The van der Waals surface area contributed by atoms with Gasteiger partial charge in [-0.3, -0.25) is 67.1 Å². The van der Waals surface area contributed by atoms with Crippen LogP contribution in [0.3, 0.4) is 0 Å². The van der Waals surface area contributed by atoms with Crippen molar-refractivity contribution in [2.24, 2.45) is 43.3 Å². The average Bonchev–Trinajstić information content (AvgIpc) is 1.67. The molecule has 11 atom stereocenters. The normalized spacial score (nSPS) is 14.8. The Labute approximate surface area is 875 Å². The Morgan fingerprint density at radius 1 is 0.221 bits per heavy atom. The number of hydrogen-bond donors (Lipinski definition) is 3. The topological polar surface area (TPSA) is 429 Å². The molecule has 0 aliphatic heterocycles. The molecule has 149 heavy (non-hydrogen) atoms. The summed E-state index contributed by atoms with van der Waals surface area (Å²) < 4.78 is 77.9. The molecule has 0 saturated carbocycles. The molecule has 0 saturated heterocycles. The second-order valence-electron chi connectivity index (χ2n) is 39.7. The van der Waals surface area contributed by atoms with Gasteiger partial charge in [-0.05, 0) is 208 Å². The highest BCUT2D eigenvalue weighted by Gasteiger charge is 2.55. The molecule has 808 valence electrons. The van der Waals surface area contributed by atoms with Crippen LogP contribution in [-0.4, -0.2) is 178 Å². The van der Waals surface area contributed by atoms with E-state index in [9.17, 15) is 67.1 Å². The molecule has 8 aromatic carbocycles. The Balaban J connectivity index is 0.000000345. The summed E-state index contributed by atoms with van der Waals surface area (Å²) in [4.78, 5) is 179. The highest BCUT2D eigenvalue weighted by atomic mass is 16.6. The van der Waals surface area contributed by atoms with Crippen LogP contribution in [0.15, 0.2) is 243 Å². The van der Waals surface area contributed by atoms with E-state index < -0.39 is 127 Å². The number of para-hydroxylation sites is 3. The standard InChI is InChI=1S/2C43H54O11.C32H42O9/c2*1-6-41(3,38(47)52-26-24-50-35-20-14-9-15-21-35)30-43(5,40(49)54-29-33-16-10-7-11-17-33)31-42(4,28-32(2)34-18-12-8-13-19-34)39(48)53-27-25-51-37(46)23-22-36(44)45;1-5-31(3,29(36)40-20-18-38-26-14-10-7-11-15-26)23-32(4,22-24(2)25-12-8-6-9-13-25)30(37)41-21-19-39-28(35)17-16-27(33)34/h2*7-21,32H,6,22-31H2,1-5H3,(H,44,45);6-15,24H,5,16-23H2,1-4H3,(H,33,34). The second-order valence-corrected chi connectivity index (χ2v) is 39.7. The molecule has 0 amide bonds. The van der Waals surface area contributed by atoms with Gasteiger partial charge in [0.1, 0.15) is 110 Å². The highest BCUT2D eigenvalue weighted by molar-refractivity contribution is 5.86. The van der Waals surface area contributed by atoms with Crippen molar-refractivity contribution in [3.63, 3.8) is 0 Å². The number of benzene rings is 8. The molecule has 0 aliphatic rings. The highest BCUT2D eigenvalue weighted by Crippen LogP contribution is 2.52. The van der Waals surface area contributed by atoms with Gasteiger partial charge >= 0.3 is 83.6 Å². The van der Waals surface area contributed by atoms with Crippen LogP contribution in [0.2, 0.25) is 0 Å². The number of carboxylic acids is 3. The van der Waals surface area contributed by atoms with Crippen LogP contribution in [0.4, 0.5) is 0 Å². The van der Waals surface area contributed by atoms with E-state index in [0.29, 0.717) is 42.9 Å². The number of carboxylic acid groups (broad SMARTS) is 3. The number of aliphatic carboxylic acids is 3. The Morgan fingerprint density at radius 3 is 0.624 bits per heavy atom. The molecule has 0 aliphatic carbocycles. The summed E-state index contributed by atoms with van der Waals surface area (Å²) in [7, 11) is 0. The molecule has 31 heteroatoms. The first-order valence-electron chi connectivity index (χ1n) is 50.6. The number of carbonyl (C=O) groups excluding carboxylic acids is 11. The summed E-state index contributed by atoms with van der Waals surface area (Å²) in [5, 5.41) is 26.4. The van der Waals surface area contributed by atoms with Crippen LogP contribution >= 0.6 is 0 Å². The predicted molar refractivity (Wildman–Crippen MR) is 555 cm³/mol. The first-order chi connectivity index (χ1) is 70.9. The number of ether oxygens (including phenoxy) is 14. The zero-order valence-electron chi connectivity index (χ0n) is 88.5. The van der Waals surface area contributed by atoms with Crippen molar-refractivity contribution in [2.75, 3.05) is 79.3 Å². The fraction of sp³-hybridized carbons (Fsp3) is 0.475. The minimum absolute atomic E-state index is 0.00199. The third kappa shape index (κ3) is 43.6. The lowest BCUT2D eigenvalue weighted by Crippen LogP contribution is -2.45. The van der Waals surface area contributed by atoms with Crippen LogP contribution in [0.25, 0.3) is 0 Å². The SMILES string of the molecule is CCC(C)(CC(C)(CC(C)(CC(C)c1ccccc1)C(=O)OCCOC(=O)CCC(=O)O)C(=O)OCc1ccccc1)C(=O)OCCOc1ccccc1.CCC(C)(CC(C)(CC(C)(CC(C)c1ccccc1)C(=O)OCCOC(=O)CCC(=O)O)C(=O)OCc1ccccc1)C(=O)OCCOc1ccccc1.CCC(C)(CC(C)(CC(C)c1ccccc1)C(=O)OCCOC(=O)CCC(=O)O)C(=O)OCCOc1ccccc1. The summed E-state index contributed by atoms with van der Waals surface area (Å²) >= 11 is 0. The fourth-order valence-corrected chi connectivity index (χ4v) is 18.1. The van der Waals surface area contributed by atoms with Gasteiger partial charge in [0.2, 0.25) is 0 Å². The summed E-state index contributed by atoms with van der Waals surface area (Å²) in [5.74, 6) is -8.14. The van der Waals surface area contributed by atoms with E-state index in [1.807, 2.05) is 260 Å². The largest absolute Gasteiger partial charge is 0.490 e. The summed E-state index contributed by atoms with van der Waals surface area (Å²) in [6.45, 7) is 24.6. The maximum atomic E-state index is 14.3. The van der Waals surface area contributed by atoms with Gasteiger partial charge in [-0.1, -0.05) is 248 Å². The third-order valence-electron chi connectivity index (χ3n) is 26.3. The molecule has 0 bridgehead atoms. The van der Waals surface area contributed by atoms with Crippen LogP contribution < -0.4 is 14.2 Å². The van der Waals surface area contributed by atoms with E-state index >= 15 is 0 Å². The average molecular weight is 2060 g/mol. The predicted octanol–water partition coefficient (Wildman–Crippen LogP) is 21.0. The maximum absolute atomic E-state index is 14.3. The van der Waals surface area contributed by atoms with Crippen molar-refractivity contribution in [3.8, 4) is 17.2 Å². The molecule has 3 N–H and O–H groups in total. The first-order valence-corrected chi connectivity index (χ1v) is 50.6. The lowest BCUT2D eigenvalue weighted by molar-refractivity contribution is -0.173. The van der Waals surface area contributed by atoms with E-state index in [2.05, 4.69) is 0 Å². The quantitative estimate of drug-likeness (QED) is 0.0181. The van der Waals surface area contributed by atoms with E-state index in [1.54, 1.807) is 79.7 Å². The van der Waals surface area contributed by atoms with Crippen molar-refractivity contribution >= 4 is 83.6 Å². The number of carbonyl (C=O) groups is 14. The molecule has 31 nitrogen and oxygen atoms in total. The summed E-state index contributed by atoms with van der Waals surface area (Å²) in [5.41, 5.74) is -5.08. The fourth-order valence-electron chi connectivity index (χ4n) is 18.1. The van der Waals surface area contributed by atoms with Gasteiger partial charge in [-0.2, -0.15) is 0 Å². The van der Waals surface area contributed by atoms with Crippen molar-refractivity contribution in [2.45, 2.75) is 237 Å². The number of rotatable bonds is 64. The van der Waals surface area contributed by atoms with Crippen molar-refractivity contribution in [1.82, 2.24) is 0 Å². The van der Waals surface area contributed by atoms with E-state index in [0.717, 1.165) is 27.8 Å². The van der Waals surface area contributed by atoms with E-state index in [1.165, 1.54) is 0 Å². The van der Waals surface area contributed by atoms with Crippen molar-refractivity contribution in [3.05, 3.63) is 270 Å². The lowest BCUT2D eigenvalue weighted by atomic mass is 9.62. The van der Waals surface area contributed by atoms with Crippen LogP contribution in [0.5, 0.6) is 17.2 Å². The van der Waals surface area contributed by atoms with E-state index in [4.69, 9.17) is 81.6 Å². The second kappa shape index (κ2) is 62.8. The smallest absolute Gasteiger partial charge is 0.312 e. The van der Waals surface area contributed by atoms with Gasteiger partial charge in [0.15, 0.2) is 0 Å². The zero-order valence-corrected chi connectivity index (χ0v) is 88.5. The minimum atomic E-state index is -1.38. The maximum Gasteiger partial charge on any atom is 0.312 e. The molecular weight excluding hydrogens is 1910 g/mol. The minimum Gasteiger partial charge on any atom is -0.490 e. The molecule has 0 spiro atoms. The summed E-state index contributed by atoms with van der Waals surface area (Å²) in [6, 6.07) is 75.1. The molecule has 8 aromatic rings. The molecule has 11 unspecified atom stereocenters.